The Morgan fingerprint density at radius 1 is 1.26 bits per heavy atom. The zero-order valence-electron chi connectivity index (χ0n) is 10.6. The lowest BCUT2D eigenvalue weighted by atomic mass is 10.3. The number of benzene rings is 1. The number of aromatic amines is 1. The molecule has 19 heavy (non-hydrogen) atoms. The average Bonchev–Trinajstić information content (AvgIpc) is 2.75. The highest BCUT2D eigenvalue weighted by Gasteiger charge is 2.13. The molecular weight excluding hydrogens is 266 g/mol. The summed E-state index contributed by atoms with van der Waals surface area (Å²) in [7, 11) is 0. The van der Waals surface area contributed by atoms with Crippen molar-refractivity contribution in [3.05, 3.63) is 33.7 Å². The third-order valence-electron chi connectivity index (χ3n) is 3.50. The number of nitrogens with zero attached hydrogens (tertiary/aromatic N) is 2. The van der Waals surface area contributed by atoms with Gasteiger partial charge in [0.05, 0.1) is 29.3 Å². The van der Waals surface area contributed by atoms with Gasteiger partial charge in [0.15, 0.2) is 0 Å². The normalized spacial score (nSPS) is 17.1. The number of hydrogen-bond donors (Lipinski definition) is 1. The lowest BCUT2D eigenvalue weighted by Crippen LogP contribution is -2.39. The quantitative estimate of drug-likeness (QED) is 0.923. The zero-order valence-corrected chi connectivity index (χ0v) is 11.3. The lowest BCUT2D eigenvalue weighted by Gasteiger charge is -2.26. The van der Waals surface area contributed by atoms with E-state index < -0.39 is 0 Å². The van der Waals surface area contributed by atoms with E-state index in [1.807, 2.05) is 12.1 Å². The van der Waals surface area contributed by atoms with Gasteiger partial charge in [0.2, 0.25) is 0 Å². The Morgan fingerprint density at radius 2 is 2.05 bits per heavy atom. The highest BCUT2D eigenvalue weighted by molar-refractivity contribution is 6.34. The molecule has 0 aliphatic carbocycles. The second kappa shape index (κ2) is 5.36. The third kappa shape index (κ3) is 2.54. The van der Waals surface area contributed by atoms with Crippen LogP contribution in [-0.2, 0) is 11.3 Å². The molecule has 0 spiro atoms. The number of aromatic nitrogens is 2. The first-order valence-corrected chi connectivity index (χ1v) is 6.80. The molecule has 0 radical (unpaired) electrons. The van der Waals surface area contributed by atoms with E-state index in [0.29, 0.717) is 11.6 Å². The molecule has 0 unspecified atom stereocenters. The van der Waals surface area contributed by atoms with Gasteiger partial charge in [-0.3, -0.25) is 9.47 Å². The maximum Gasteiger partial charge on any atom is 0.326 e. The summed E-state index contributed by atoms with van der Waals surface area (Å²) in [4.78, 5) is 17.1. The average molecular weight is 282 g/mol. The summed E-state index contributed by atoms with van der Waals surface area (Å²) in [6.45, 7) is 4.92. The fraction of sp³-hybridized carbons (Fsp3) is 0.462. The van der Waals surface area contributed by atoms with Gasteiger partial charge < -0.3 is 9.72 Å². The van der Waals surface area contributed by atoms with Crippen LogP contribution in [0, 0.1) is 0 Å². The fourth-order valence-corrected chi connectivity index (χ4v) is 2.65. The Balaban J connectivity index is 1.82. The number of morpholine rings is 1. The molecule has 0 bridgehead atoms. The van der Waals surface area contributed by atoms with Gasteiger partial charge >= 0.3 is 5.69 Å². The van der Waals surface area contributed by atoms with Crippen LogP contribution < -0.4 is 5.69 Å². The minimum Gasteiger partial charge on any atom is -0.379 e. The molecule has 1 saturated heterocycles. The van der Waals surface area contributed by atoms with E-state index in [1.54, 1.807) is 10.6 Å². The van der Waals surface area contributed by atoms with Gasteiger partial charge in [-0.2, -0.15) is 0 Å². The van der Waals surface area contributed by atoms with Crippen LogP contribution in [-0.4, -0.2) is 47.3 Å². The number of halogens is 1. The van der Waals surface area contributed by atoms with E-state index in [0.717, 1.165) is 43.9 Å². The van der Waals surface area contributed by atoms with Gasteiger partial charge in [-0.05, 0) is 12.1 Å². The third-order valence-corrected chi connectivity index (χ3v) is 3.82. The summed E-state index contributed by atoms with van der Waals surface area (Å²) in [5.41, 5.74) is 1.48. The molecule has 0 atom stereocenters. The van der Waals surface area contributed by atoms with E-state index in [2.05, 4.69) is 9.88 Å². The molecule has 1 aliphatic heterocycles. The summed E-state index contributed by atoms with van der Waals surface area (Å²) in [5, 5.41) is 0.583. The summed E-state index contributed by atoms with van der Waals surface area (Å²) < 4.78 is 7.06. The molecule has 1 aliphatic rings. The second-order valence-electron chi connectivity index (χ2n) is 4.67. The van der Waals surface area contributed by atoms with Crippen molar-refractivity contribution in [1.29, 1.82) is 0 Å². The zero-order chi connectivity index (χ0) is 13.2. The molecule has 0 saturated carbocycles. The van der Waals surface area contributed by atoms with Crippen LogP contribution in [0.3, 0.4) is 0 Å². The minimum atomic E-state index is -0.101. The van der Waals surface area contributed by atoms with Gasteiger partial charge in [0, 0.05) is 26.2 Å². The topological polar surface area (TPSA) is 50.3 Å². The lowest BCUT2D eigenvalue weighted by molar-refractivity contribution is 0.0364. The summed E-state index contributed by atoms with van der Waals surface area (Å²) in [6.07, 6.45) is 0. The number of fused-ring (bicyclic) bond motifs is 1. The van der Waals surface area contributed by atoms with Gasteiger partial charge in [0.25, 0.3) is 0 Å². The van der Waals surface area contributed by atoms with Gasteiger partial charge in [-0.15, -0.1) is 0 Å². The van der Waals surface area contributed by atoms with Crippen molar-refractivity contribution in [1.82, 2.24) is 14.5 Å². The largest absolute Gasteiger partial charge is 0.379 e. The molecule has 2 heterocycles. The summed E-state index contributed by atoms with van der Waals surface area (Å²) >= 11 is 6.08. The monoisotopic (exact) mass is 281 g/mol. The standard InChI is InChI=1S/C13H16ClN3O2/c14-10-2-1-3-11-12(10)15-13(18)17(11)5-4-16-6-8-19-9-7-16/h1-3H,4-9H2,(H,15,18). The van der Waals surface area contributed by atoms with Crippen molar-refractivity contribution >= 4 is 22.6 Å². The van der Waals surface area contributed by atoms with E-state index in [9.17, 15) is 4.79 Å². The van der Waals surface area contributed by atoms with Gasteiger partial charge in [-0.1, -0.05) is 17.7 Å². The maximum atomic E-state index is 12.0. The van der Waals surface area contributed by atoms with Crippen LogP contribution in [0.15, 0.2) is 23.0 Å². The Morgan fingerprint density at radius 3 is 2.84 bits per heavy atom. The highest BCUT2D eigenvalue weighted by Crippen LogP contribution is 2.19. The number of nitrogens with one attached hydrogen (secondary N) is 1. The summed E-state index contributed by atoms with van der Waals surface area (Å²) in [6, 6.07) is 5.56. The first-order valence-electron chi connectivity index (χ1n) is 6.43. The van der Waals surface area contributed by atoms with Gasteiger partial charge in [0.1, 0.15) is 0 Å². The molecule has 1 N–H and O–H groups in total. The van der Waals surface area contributed by atoms with Crippen molar-refractivity contribution in [2.45, 2.75) is 6.54 Å². The number of imidazole rings is 1. The van der Waals surface area contributed by atoms with Crippen LogP contribution in [0.2, 0.25) is 5.02 Å². The Bertz CT molecular complexity index is 628. The Labute approximate surface area is 115 Å². The van der Waals surface area contributed by atoms with Crippen molar-refractivity contribution < 1.29 is 4.74 Å². The van der Waals surface area contributed by atoms with E-state index in [4.69, 9.17) is 16.3 Å². The predicted octanol–water partition coefficient (Wildman–Crippen LogP) is 1.32. The van der Waals surface area contributed by atoms with Gasteiger partial charge in [-0.25, -0.2) is 4.79 Å². The molecule has 1 aromatic heterocycles. The van der Waals surface area contributed by atoms with Crippen LogP contribution in [0.25, 0.3) is 11.0 Å². The highest BCUT2D eigenvalue weighted by atomic mass is 35.5. The second-order valence-corrected chi connectivity index (χ2v) is 5.08. The number of H-pyrrole nitrogens is 1. The van der Waals surface area contributed by atoms with Crippen molar-refractivity contribution in [3.63, 3.8) is 0 Å². The molecule has 1 fully saturated rings. The number of ether oxygens (including phenoxy) is 1. The van der Waals surface area contributed by atoms with Crippen LogP contribution in [0.4, 0.5) is 0 Å². The smallest absolute Gasteiger partial charge is 0.326 e. The minimum absolute atomic E-state index is 0.101. The molecular formula is C13H16ClN3O2. The SMILES string of the molecule is O=c1[nH]c2c(Cl)cccc2n1CCN1CCOCC1. The van der Waals surface area contributed by atoms with Crippen molar-refractivity contribution in [3.8, 4) is 0 Å². The summed E-state index contributed by atoms with van der Waals surface area (Å²) in [5.74, 6) is 0. The molecule has 5 nitrogen and oxygen atoms in total. The van der Waals surface area contributed by atoms with Crippen LogP contribution in [0.5, 0.6) is 0 Å². The number of rotatable bonds is 3. The number of para-hydroxylation sites is 1. The van der Waals surface area contributed by atoms with E-state index in [-0.39, 0.29) is 5.69 Å². The van der Waals surface area contributed by atoms with E-state index in [1.165, 1.54) is 0 Å². The number of hydrogen-bond acceptors (Lipinski definition) is 3. The first kappa shape index (κ1) is 12.7. The molecule has 2 aromatic rings. The molecule has 0 amide bonds. The van der Waals surface area contributed by atoms with E-state index >= 15 is 0 Å². The van der Waals surface area contributed by atoms with Crippen molar-refractivity contribution in [2.75, 3.05) is 32.8 Å². The molecule has 1 aromatic carbocycles. The van der Waals surface area contributed by atoms with Crippen LogP contribution in [0.1, 0.15) is 0 Å². The first-order chi connectivity index (χ1) is 9.25. The Hall–Kier alpha value is -1.30. The fourth-order valence-electron chi connectivity index (χ4n) is 2.43. The predicted molar refractivity (Wildman–Crippen MR) is 74.8 cm³/mol. The van der Waals surface area contributed by atoms with Crippen LogP contribution >= 0.6 is 11.6 Å². The molecule has 6 heteroatoms. The Kier molecular flexibility index (Phi) is 3.59. The molecule has 3 rings (SSSR count). The van der Waals surface area contributed by atoms with Crippen molar-refractivity contribution in [2.24, 2.45) is 0 Å². The maximum absolute atomic E-state index is 12.0. The molecule has 102 valence electrons.